The van der Waals surface area contributed by atoms with Crippen LogP contribution in [-0.4, -0.2) is 45.7 Å². The lowest BCUT2D eigenvalue weighted by atomic mass is 9.56. The van der Waals surface area contributed by atoms with E-state index in [0.717, 1.165) is 60.8 Å². The van der Waals surface area contributed by atoms with Crippen LogP contribution in [0.4, 0.5) is 0 Å². The molecule has 4 atom stereocenters. The van der Waals surface area contributed by atoms with Gasteiger partial charge in [-0.1, -0.05) is 40.5 Å². The molecule has 0 saturated carbocycles. The lowest BCUT2D eigenvalue weighted by Gasteiger charge is -2.54. The topological polar surface area (TPSA) is 99.1 Å². The second-order valence-corrected chi connectivity index (χ2v) is 15.3. The molecule has 256 valence electrons. The van der Waals surface area contributed by atoms with Gasteiger partial charge in [0.05, 0.1) is 11.0 Å². The van der Waals surface area contributed by atoms with Crippen LogP contribution in [0.1, 0.15) is 114 Å². The van der Waals surface area contributed by atoms with Gasteiger partial charge in [0.1, 0.15) is 17.5 Å². The number of carboxylic acid groups (broad SMARTS) is 1. The Kier molecular flexibility index (Phi) is 10.8. The van der Waals surface area contributed by atoms with Crippen molar-refractivity contribution in [2.45, 2.75) is 137 Å². The van der Waals surface area contributed by atoms with Crippen molar-refractivity contribution in [3.8, 4) is 0 Å². The Morgan fingerprint density at radius 3 is 2.32 bits per heavy atom. The largest absolute Gasteiger partial charge is 0.483 e. The molecule has 0 bridgehead atoms. The maximum atomic E-state index is 13.3. The molecule has 0 aromatic carbocycles. The van der Waals surface area contributed by atoms with E-state index in [9.17, 15) is 14.4 Å². The van der Waals surface area contributed by atoms with E-state index in [1.165, 1.54) is 11.6 Å². The van der Waals surface area contributed by atoms with Gasteiger partial charge in [0.2, 0.25) is 5.78 Å². The fraction of sp³-hybridized carbons (Fsp3) is 0.575. The number of ketones is 1. The third-order valence-corrected chi connectivity index (χ3v) is 10.0. The standard InChI is InChI=1S/C40H54O7/c1-26(12-10-13-28(3)21-35(42)43)18-31-23-30(5)40(17-16-37(6,7)47-40)39(25-31,34-24-33(41)38(8,9)46-34)15-11-14-27(2)19-32-20-29(4)22-36(44)45-32/h12,16-17,19,21-24,31-32H,10-11,13-15,18,20,25H2,1-9H3,(H,42,43). The molecule has 1 N–H and O–H groups in total. The highest BCUT2D eigenvalue weighted by Gasteiger charge is 2.62. The minimum atomic E-state index is -0.949. The first-order chi connectivity index (χ1) is 21.9. The maximum absolute atomic E-state index is 13.3. The quantitative estimate of drug-likeness (QED) is 0.128. The first kappa shape index (κ1) is 36.4. The molecule has 3 aliphatic heterocycles. The Morgan fingerprint density at radius 2 is 1.72 bits per heavy atom. The van der Waals surface area contributed by atoms with Gasteiger partial charge in [-0.3, -0.25) is 4.79 Å². The summed E-state index contributed by atoms with van der Waals surface area (Å²) in [5.74, 6) is -0.355. The molecule has 1 spiro atoms. The zero-order chi connectivity index (χ0) is 34.8. The van der Waals surface area contributed by atoms with Crippen LogP contribution in [0.25, 0.3) is 0 Å². The van der Waals surface area contributed by atoms with Gasteiger partial charge in [0, 0.05) is 24.6 Å². The number of allylic oxidation sites excluding steroid dienone is 5. The van der Waals surface area contributed by atoms with Crippen molar-refractivity contribution in [3.05, 3.63) is 82.2 Å². The summed E-state index contributed by atoms with van der Waals surface area (Å²) in [4.78, 5) is 36.3. The molecule has 1 aliphatic carbocycles. The lowest BCUT2D eigenvalue weighted by molar-refractivity contribution is -0.146. The van der Waals surface area contributed by atoms with E-state index in [2.05, 4.69) is 65.0 Å². The molecule has 4 aliphatic rings. The highest BCUT2D eigenvalue weighted by Crippen LogP contribution is 2.62. The molecule has 0 aromatic rings. The van der Waals surface area contributed by atoms with Gasteiger partial charge < -0.3 is 19.3 Å². The number of rotatable bonds is 12. The molecule has 0 aromatic heterocycles. The first-order valence-electron chi connectivity index (χ1n) is 17.0. The van der Waals surface area contributed by atoms with Gasteiger partial charge in [-0.15, -0.1) is 0 Å². The molecule has 7 nitrogen and oxygen atoms in total. The Bertz CT molecular complexity index is 1490. The van der Waals surface area contributed by atoms with Crippen molar-refractivity contribution in [2.75, 3.05) is 0 Å². The van der Waals surface area contributed by atoms with Crippen LogP contribution < -0.4 is 0 Å². The molecule has 47 heavy (non-hydrogen) atoms. The van der Waals surface area contributed by atoms with Crippen LogP contribution in [0.2, 0.25) is 0 Å². The minimum absolute atomic E-state index is 0.0357. The number of ether oxygens (including phenoxy) is 3. The number of aliphatic carboxylic acids is 1. The second kappa shape index (κ2) is 14.0. The number of carboxylic acids is 1. The van der Waals surface area contributed by atoms with E-state index in [0.29, 0.717) is 18.6 Å². The van der Waals surface area contributed by atoms with Crippen molar-refractivity contribution >= 4 is 17.7 Å². The van der Waals surface area contributed by atoms with Crippen molar-refractivity contribution in [1.29, 1.82) is 0 Å². The van der Waals surface area contributed by atoms with E-state index in [4.69, 9.17) is 19.3 Å². The Hall–Kier alpha value is -3.45. The number of hydrogen-bond acceptors (Lipinski definition) is 6. The monoisotopic (exact) mass is 646 g/mol. The summed E-state index contributed by atoms with van der Waals surface area (Å²) in [6, 6.07) is 0. The Labute approximate surface area is 281 Å². The minimum Gasteiger partial charge on any atom is -0.483 e. The third kappa shape index (κ3) is 8.35. The number of carbonyl (C=O) groups excluding carboxylic acids is 2. The molecular weight excluding hydrogens is 592 g/mol. The van der Waals surface area contributed by atoms with Gasteiger partial charge in [0.25, 0.3) is 0 Å². The normalized spacial score (nSPS) is 30.6. The molecule has 4 unspecified atom stereocenters. The van der Waals surface area contributed by atoms with Gasteiger partial charge >= 0.3 is 11.9 Å². The fourth-order valence-electron chi connectivity index (χ4n) is 7.78. The predicted molar refractivity (Wildman–Crippen MR) is 184 cm³/mol. The molecule has 0 amide bonds. The average Bonchev–Trinajstić information content (AvgIpc) is 3.40. The van der Waals surface area contributed by atoms with Crippen LogP contribution in [0.3, 0.4) is 0 Å². The molecule has 4 rings (SSSR count). The molecule has 3 heterocycles. The van der Waals surface area contributed by atoms with E-state index in [-0.39, 0.29) is 23.8 Å². The van der Waals surface area contributed by atoms with Crippen LogP contribution in [0.5, 0.6) is 0 Å². The fourth-order valence-corrected chi connectivity index (χ4v) is 7.78. The van der Waals surface area contributed by atoms with Gasteiger partial charge in [-0.2, -0.15) is 0 Å². The number of hydrogen-bond donors (Lipinski definition) is 1. The SMILES string of the molecule is CC(=CC(=O)O)CCC=C(C)CC1C=C(C)C2(C=CC(C)(C)O2)C(CCCC(C)=CC2CC(C)=CC(=O)O2)(C2=CC(=O)C(C)(C)O2)C1. The van der Waals surface area contributed by atoms with Gasteiger partial charge in [-0.25, -0.2) is 9.59 Å². The second-order valence-electron chi connectivity index (χ2n) is 15.3. The lowest BCUT2D eigenvalue weighted by Crippen LogP contribution is -2.55. The maximum Gasteiger partial charge on any atom is 0.331 e. The highest BCUT2D eigenvalue weighted by atomic mass is 16.5. The van der Waals surface area contributed by atoms with Gasteiger partial charge in [0.15, 0.2) is 5.60 Å². The zero-order valence-electron chi connectivity index (χ0n) is 29.8. The summed E-state index contributed by atoms with van der Waals surface area (Å²) in [6.07, 6.45) is 21.4. The summed E-state index contributed by atoms with van der Waals surface area (Å²) in [6.45, 7) is 18.0. The van der Waals surface area contributed by atoms with E-state index >= 15 is 0 Å². The molecule has 7 heteroatoms. The molecule has 0 fully saturated rings. The van der Waals surface area contributed by atoms with Crippen LogP contribution in [0.15, 0.2) is 82.2 Å². The number of cyclic esters (lactones) is 1. The van der Waals surface area contributed by atoms with Crippen molar-refractivity contribution in [3.63, 3.8) is 0 Å². The molecule has 0 saturated heterocycles. The third-order valence-electron chi connectivity index (χ3n) is 10.0. The van der Waals surface area contributed by atoms with Crippen molar-refractivity contribution in [2.24, 2.45) is 11.3 Å². The summed E-state index contributed by atoms with van der Waals surface area (Å²) >= 11 is 0. The highest BCUT2D eigenvalue weighted by molar-refractivity contribution is 5.99. The van der Waals surface area contributed by atoms with Crippen molar-refractivity contribution in [1.82, 2.24) is 0 Å². The van der Waals surface area contributed by atoms with E-state index in [1.807, 2.05) is 27.7 Å². The first-order valence-corrected chi connectivity index (χ1v) is 17.0. The van der Waals surface area contributed by atoms with E-state index in [1.54, 1.807) is 12.2 Å². The Balaban J connectivity index is 1.66. The summed E-state index contributed by atoms with van der Waals surface area (Å²) in [7, 11) is 0. The average molecular weight is 647 g/mol. The van der Waals surface area contributed by atoms with Crippen LogP contribution in [-0.2, 0) is 28.6 Å². The zero-order valence-corrected chi connectivity index (χ0v) is 29.8. The van der Waals surface area contributed by atoms with E-state index < -0.39 is 28.2 Å². The number of esters is 1. The Morgan fingerprint density at radius 1 is 1.00 bits per heavy atom. The smallest absolute Gasteiger partial charge is 0.331 e. The summed E-state index contributed by atoms with van der Waals surface area (Å²) < 4.78 is 19.2. The number of carbonyl (C=O) groups is 3. The van der Waals surface area contributed by atoms with Crippen LogP contribution >= 0.6 is 0 Å². The predicted octanol–water partition coefficient (Wildman–Crippen LogP) is 8.83. The molecule has 0 radical (unpaired) electrons. The van der Waals surface area contributed by atoms with Gasteiger partial charge in [-0.05, 0) is 131 Å². The molecular formula is C40H54O7. The van der Waals surface area contributed by atoms with Crippen LogP contribution in [0, 0.1) is 11.3 Å². The summed E-state index contributed by atoms with van der Waals surface area (Å²) in [5, 5.41) is 9.05. The summed E-state index contributed by atoms with van der Waals surface area (Å²) in [5.41, 5.74) is 2.56. The van der Waals surface area contributed by atoms with Crippen molar-refractivity contribution < 1.29 is 33.7 Å².